The Hall–Kier alpha value is -1.64. The van der Waals surface area contributed by atoms with E-state index in [0.29, 0.717) is 6.10 Å². The second-order valence-corrected chi connectivity index (χ2v) is 6.56. The van der Waals surface area contributed by atoms with Crippen molar-refractivity contribution in [3.63, 3.8) is 0 Å². The summed E-state index contributed by atoms with van der Waals surface area (Å²) in [7, 11) is 0. The Kier molecular flexibility index (Phi) is 6.25. The quantitative estimate of drug-likeness (QED) is 0.810. The molecule has 1 aliphatic rings. The molecular formula is C21H27NO. The van der Waals surface area contributed by atoms with Crippen LogP contribution in [0.3, 0.4) is 0 Å². The maximum Gasteiger partial charge on any atom is 0.0720 e. The van der Waals surface area contributed by atoms with Gasteiger partial charge in [-0.1, -0.05) is 60.7 Å². The lowest BCUT2D eigenvalue weighted by molar-refractivity contribution is 0.00720. The molecule has 0 spiro atoms. The highest BCUT2D eigenvalue weighted by molar-refractivity contribution is 5.14. The summed E-state index contributed by atoms with van der Waals surface area (Å²) in [4.78, 5) is 0. The van der Waals surface area contributed by atoms with Crippen molar-refractivity contribution in [3.8, 4) is 0 Å². The van der Waals surface area contributed by atoms with Gasteiger partial charge in [-0.3, -0.25) is 0 Å². The lowest BCUT2D eigenvalue weighted by Gasteiger charge is -2.28. The molecule has 2 aromatic rings. The summed E-state index contributed by atoms with van der Waals surface area (Å²) in [5, 5.41) is 3.60. The van der Waals surface area contributed by atoms with Crippen molar-refractivity contribution in [2.75, 3.05) is 6.54 Å². The molecule has 0 aromatic heterocycles. The van der Waals surface area contributed by atoms with E-state index in [2.05, 4.69) is 66.0 Å². The van der Waals surface area contributed by atoms with Crippen molar-refractivity contribution in [1.29, 1.82) is 0 Å². The molecule has 2 nitrogen and oxygen atoms in total. The molecule has 0 aliphatic heterocycles. The minimum Gasteiger partial charge on any atom is -0.374 e. The lowest BCUT2D eigenvalue weighted by Crippen LogP contribution is -2.28. The van der Waals surface area contributed by atoms with Crippen LogP contribution in [0.5, 0.6) is 0 Å². The van der Waals surface area contributed by atoms with Gasteiger partial charge in [-0.05, 0) is 49.3 Å². The van der Waals surface area contributed by atoms with E-state index in [9.17, 15) is 0 Å². The highest BCUT2D eigenvalue weighted by Crippen LogP contribution is 2.26. The topological polar surface area (TPSA) is 21.3 Å². The van der Waals surface area contributed by atoms with E-state index in [1.807, 2.05) is 0 Å². The zero-order valence-electron chi connectivity index (χ0n) is 13.8. The van der Waals surface area contributed by atoms with E-state index >= 15 is 0 Å². The van der Waals surface area contributed by atoms with Gasteiger partial charge in [0.05, 0.1) is 12.7 Å². The van der Waals surface area contributed by atoms with Crippen LogP contribution in [0, 0.1) is 5.92 Å². The second kappa shape index (κ2) is 8.85. The standard InChI is InChI=1S/C21H27NO/c1-3-7-18(8-4-1)15-22-16-19-11-13-21(14-12-19)23-17-20-9-5-2-6-10-20/h1-10,19,21-22H,11-17H2. The third-order valence-electron chi connectivity index (χ3n) is 4.73. The van der Waals surface area contributed by atoms with Gasteiger partial charge < -0.3 is 10.1 Å². The van der Waals surface area contributed by atoms with Crippen LogP contribution in [0.2, 0.25) is 0 Å². The van der Waals surface area contributed by atoms with Gasteiger partial charge in [0, 0.05) is 6.54 Å². The molecule has 3 rings (SSSR count). The van der Waals surface area contributed by atoms with E-state index in [4.69, 9.17) is 4.74 Å². The summed E-state index contributed by atoms with van der Waals surface area (Å²) in [6.07, 6.45) is 5.40. The molecule has 0 atom stereocenters. The Morgan fingerprint density at radius 1 is 0.783 bits per heavy atom. The number of hydrogen-bond acceptors (Lipinski definition) is 2. The molecular weight excluding hydrogens is 282 g/mol. The van der Waals surface area contributed by atoms with Gasteiger partial charge in [-0.15, -0.1) is 0 Å². The maximum absolute atomic E-state index is 6.07. The molecule has 1 saturated carbocycles. The van der Waals surface area contributed by atoms with E-state index in [1.165, 1.54) is 36.8 Å². The van der Waals surface area contributed by atoms with Crippen LogP contribution in [0.25, 0.3) is 0 Å². The molecule has 1 fully saturated rings. The fourth-order valence-electron chi connectivity index (χ4n) is 3.31. The molecule has 0 bridgehead atoms. The van der Waals surface area contributed by atoms with Crippen LogP contribution in [-0.2, 0) is 17.9 Å². The van der Waals surface area contributed by atoms with Gasteiger partial charge >= 0.3 is 0 Å². The van der Waals surface area contributed by atoms with Gasteiger partial charge in [0.2, 0.25) is 0 Å². The van der Waals surface area contributed by atoms with Crippen LogP contribution in [0.15, 0.2) is 60.7 Å². The average molecular weight is 309 g/mol. The summed E-state index contributed by atoms with van der Waals surface area (Å²) in [5.74, 6) is 0.801. The Morgan fingerprint density at radius 3 is 2.04 bits per heavy atom. The van der Waals surface area contributed by atoms with E-state index in [1.54, 1.807) is 0 Å². The third-order valence-corrected chi connectivity index (χ3v) is 4.73. The number of benzene rings is 2. The van der Waals surface area contributed by atoms with Crippen molar-refractivity contribution >= 4 is 0 Å². The first kappa shape index (κ1) is 16.2. The van der Waals surface area contributed by atoms with Crippen molar-refractivity contribution in [1.82, 2.24) is 5.32 Å². The van der Waals surface area contributed by atoms with Crippen molar-refractivity contribution < 1.29 is 4.74 Å². The first-order valence-electron chi connectivity index (χ1n) is 8.80. The first-order valence-corrected chi connectivity index (χ1v) is 8.80. The molecule has 0 heterocycles. The van der Waals surface area contributed by atoms with E-state index in [-0.39, 0.29) is 0 Å². The highest BCUT2D eigenvalue weighted by Gasteiger charge is 2.21. The molecule has 2 aromatic carbocycles. The lowest BCUT2D eigenvalue weighted by atomic mass is 9.87. The third kappa shape index (κ3) is 5.49. The minimum absolute atomic E-state index is 0.445. The van der Waals surface area contributed by atoms with E-state index in [0.717, 1.165) is 25.6 Å². The normalized spacial score (nSPS) is 21.2. The molecule has 122 valence electrons. The monoisotopic (exact) mass is 309 g/mol. The molecule has 0 amide bonds. The maximum atomic E-state index is 6.07. The van der Waals surface area contributed by atoms with Crippen molar-refractivity contribution in [3.05, 3.63) is 71.8 Å². The van der Waals surface area contributed by atoms with Crippen LogP contribution >= 0.6 is 0 Å². The van der Waals surface area contributed by atoms with Gasteiger partial charge in [0.15, 0.2) is 0 Å². The number of rotatable bonds is 7. The molecule has 0 radical (unpaired) electrons. The first-order chi connectivity index (χ1) is 11.4. The zero-order valence-corrected chi connectivity index (χ0v) is 13.8. The molecule has 2 heteroatoms. The predicted octanol–water partition coefficient (Wildman–Crippen LogP) is 4.55. The summed E-state index contributed by atoms with van der Waals surface area (Å²) in [6, 6.07) is 21.1. The van der Waals surface area contributed by atoms with Crippen LogP contribution in [-0.4, -0.2) is 12.6 Å². The van der Waals surface area contributed by atoms with Gasteiger partial charge in [-0.2, -0.15) is 0 Å². The highest BCUT2D eigenvalue weighted by atomic mass is 16.5. The van der Waals surface area contributed by atoms with Crippen LogP contribution in [0.4, 0.5) is 0 Å². The van der Waals surface area contributed by atoms with Gasteiger partial charge in [0.1, 0.15) is 0 Å². The molecule has 1 aliphatic carbocycles. The number of ether oxygens (including phenoxy) is 1. The molecule has 0 unspecified atom stereocenters. The van der Waals surface area contributed by atoms with E-state index < -0.39 is 0 Å². The van der Waals surface area contributed by atoms with Gasteiger partial charge in [0.25, 0.3) is 0 Å². The SMILES string of the molecule is c1ccc(CNCC2CCC(OCc3ccccc3)CC2)cc1. The second-order valence-electron chi connectivity index (χ2n) is 6.56. The minimum atomic E-state index is 0.445. The Morgan fingerprint density at radius 2 is 1.39 bits per heavy atom. The Balaban J connectivity index is 1.31. The average Bonchev–Trinajstić information content (AvgIpc) is 2.63. The number of nitrogens with one attached hydrogen (secondary N) is 1. The summed E-state index contributed by atoms with van der Waals surface area (Å²) < 4.78 is 6.07. The predicted molar refractivity (Wildman–Crippen MR) is 95.1 cm³/mol. The fraction of sp³-hybridized carbons (Fsp3) is 0.429. The molecule has 0 saturated heterocycles. The van der Waals surface area contributed by atoms with Crippen LogP contribution < -0.4 is 5.32 Å². The van der Waals surface area contributed by atoms with Gasteiger partial charge in [-0.25, -0.2) is 0 Å². The molecule has 1 N–H and O–H groups in total. The molecule has 23 heavy (non-hydrogen) atoms. The zero-order chi connectivity index (χ0) is 15.7. The fourth-order valence-corrected chi connectivity index (χ4v) is 3.31. The number of hydrogen-bond donors (Lipinski definition) is 1. The van der Waals surface area contributed by atoms with Crippen molar-refractivity contribution in [2.24, 2.45) is 5.92 Å². The Bertz CT molecular complexity index is 547. The summed E-state index contributed by atoms with van der Waals surface area (Å²) in [6.45, 7) is 2.86. The Labute approximate surface area is 139 Å². The smallest absolute Gasteiger partial charge is 0.0720 e. The summed E-state index contributed by atoms with van der Waals surface area (Å²) in [5.41, 5.74) is 2.64. The van der Waals surface area contributed by atoms with Crippen molar-refractivity contribution in [2.45, 2.75) is 44.9 Å². The summed E-state index contributed by atoms with van der Waals surface area (Å²) >= 11 is 0. The largest absolute Gasteiger partial charge is 0.374 e. The van der Waals surface area contributed by atoms with Crippen LogP contribution in [0.1, 0.15) is 36.8 Å².